The van der Waals surface area contributed by atoms with Gasteiger partial charge in [-0.1, -0.05) is 6.92 Å². The molecule has 0 aromatic heterocycles. The number of hydrogen-bond donors (Lipinski definition) is 1. The summed E-state index contributed by atoms with van der Waals surface area (Å²) >= 11 is 0. The SMILES string of the molecule is COc1ccc(S(=O)(=O)N2CCC(C)C2CO)cc1. The summed E-state index contributed by atoms with van der Waals surface area (Å²) in [6.45, 7) is 2.28. The molecule has 0 amide bonds. The van der Waals surface area contributed by atoms with Crippen molar-refractivity contribution in [2.24, 2.45) is 5.92 Å². The summed E-state index contributed by atoms with van der Waals surface area (Å²) in [6, 6.07) is 5.99. The van der Waals surface area contributed by atoms with E-state index in [1.165, 1.54) is 23.5 Å². The van der Waals surface area contributed by atoms with Gasteiger partial charge in [0.05, 0.1) is 24.7 Å². The van der Waals surface area contributed by atoms with Crippen LogP contribution < -0.4 is 4.74 Å². The van der Waals surface area contributed by atoms with Crippen molar-refractivity contribution in [3.63, 3.8) is 0 Å². The van der Waals surface area contributed by atoms with Gasteiger partial charge in [0, 0.05) is 6.54 Å². The van der Waals surface area contributed by atoms with Crippen molar-refractivity contribution < 1.29 is 18.3 Å². The third kappa shape index (κ3) is 2.61. The number of aliphatic hydroxyl groups excluding tert-OH is 1. The van der Waals surface area contributed by atoms with Crippen LogP contribution >= 0.6 is 0 Å². The van der Waals surface area contributed by atoms with Gasteiger partial charge in [0.2, 0.25) is 10.0 Å². The molecule has 5 nitrogen and oxygen atoms in total. The molecule has 0 radical (unpaired) electrons. The van der Waals surface area contributed by atoms with E-state index >= 15 is 0 Å². The topological polar surface area (TPSA) is 66.8 Å². The number of rotatable bonds is 4. The zero-order chi connectivity index (χ0) is 14.0. The molecule has 19 heavy (non-hydrogen) atoms. The lowest BCUT2D eigenvalue weighted by Crippen LogP contribution is -2.39. The lowest BCUT2D eigenvalue weighted by molar-refractivity contribution is 0.191. The summed E-state index contributed by atoms with van der Waals surface area (Å²) in [5.74, 6) is 0.797. The summed E-state index contributed by atoms with van der Waals surface area (Å²) < 4.78 is 31.5. The van der Waals surface area contributed by atoms with Gasteiger partial charge in [-0.25, -0.2) is 8.42 Å². The Labute approximate surface area is 113 Å². The number of ether oxygens (including phenoxy) is 1. The maximum Gasteiger partial charge on any atom is 0.243 e. The highest BCUT2D eigenvalue weighted by atomic mass is 32.2. The maximum atomic E-state index is 12.5. The van der Waals surface area contributed by atoms with E-state index < -0.39 is 10.0 Å². The van der Waals surface area contributed by atoms with Gasteiger partial charge in [-0.05, 0) is 36.6 Å². The molecule has 1 N–H and O–H groups in total. The largest absolute Gasteiger partial charge is 0.497 e. The molecule has 0 bridgehead atoms. The first-order valence-corrected chi connectivity index (χ1v) is 7.71. The number of benzene rings is 1. The van der Waals surface area contributed by atoms with Crippen molar-refractivity contribution >= 4 is 10.0 Å². The minimum Gasteiger partial charge on any atom is -0.497 e. The second-order valence-electron chi connectivity index (χ2n) is 4.81. The summed E-state index contributed by atoms with van der Waals surface area (Å²) in [5, 5.41) is 9.37. The standard InChI is InChI=1S/C13H19NO4S/c1-10-7-8-14(13(10)9-15)19(16,17)12-5-3-11(18-2)4-6-12/h3-6,10,13,15H,7-9H2,1-2H3. The van der Waals surface area contributed by atoms with Crippen LogP contribution in [0.4, 0.5) is 0 Å². The van der Waals surface area contributed by atoms with Crippen LogP contribution in [0.3, 0.4) is 0 Å². The molecule has 1 aromatic rings. The molecule has 1 aliphatic rings. The molecule has 2 rings (SSSR count). The molecule has 1 fully saturated rings. The Balaban J connectivity index is 2.31. The third-order valence-corrected chi connectivity index (χ3v) is 5.62. The molecule has 1 aliphatic heterocycles. The first-order chi connectivity index (χ1) is 9.00. The third-order valence-electron chi connectivity index (χ3n) is 3.68. The second kappa shape index (κ2) is 5.48. The Morgan fingerprint density at radius 2 is 2.00 bits per heavy atom. The number of nitrogens with zero attached hydrogens (tertiary/aromatic N) is 1. The molecule has 1 heterocycles. The molecule has 0 spiro atoms. The van der Waals surface area contributed by atoms with Crippen LogP contribution in [0, 0.1) is 5.92 Å². The quantitative estimate of drug-likeness (QED) is 0.899. The smallest absolute Gasteiger partial charge is 0.243 e. The van der Waals surface area contributed by atoms with Gasteiger partial charge in [-0.2, -0.15) is 4.31 Å². The van der Waals surface area contributed by atoms with Gasteiger partial charge in [0.25, 0.3) is 0 Å². The minimum absolute atomic E-state index is 0.142. The second-order valence-corrected chi connectivity index (χ2v) is 6.70. The zero-order valence-corrected chi connectivity index (χ0v) is 11.9. The van der Waals surface area contributed by atoms with Crippen molar-refractivity contribution in [1.29, 1.82) is 0 Å². The molecular weight excluding hydrogens is 266 g/mol. The average Bonchev–Trinajstić information content (AvgIpc) is 2.80. The predicted octanol–water partition coefficient (Wildman–Crippen LogP) is 1.09. The molecule has 0 aliphatic carbocycles. The Morgan fingerprint density at radius 1 is 1.37 bits per heavy atom. The number of methoxy groups -OCH3 is 1. The van der Waals surface area contributed by atoms with Crippen molar-refractivity contribution in [1.82, 2.24) is 4.31 Å². The predicted molar refractivity (Wildman–Crippen MR) is 71.5 cm³/mol. The molecule has 2 atom stereocenters. The number of sulfonamides is 1. The molecule has 1 aromatic carbocycles. The summed E-state index contributed by atoms with van der Waals surface area (Å²) in [4.78, 5) is 0.237. The first kappa shape index (κ1) is 14.3. The van der Waals surface area contributed by atoms with Crippen molar-refractivity contribution in [2.75, 3.05) is 20.3 Å². The van der Waals surface area contributed by atoms with E-state index in [9.17, 15) is 13.5 Å². The number of aliphatic hydroxyl groups is 1. The Kier molecular flexibility index (Phi) is 4.13. The van der Waals surface area contributed by atoms with E-state index in [4.69, 9.17) is 4.74 Å². The highest BCUT2D eigenvalue weighted by molar-refractivity contribution is 7.89. The van der Waals surface area contributed by atoms with E-state index in [1.807, 2.05) is 6.92 Å². The summed E-state index contributed by atoms with van der Waals surface area (Å²) in [6.07, 6.45) is 0.778. The van der Waals surface area contributed by atoms with E-state index in [0.29, 0.717) is 12.3 Å². The fraction of sp³-hybridized carbons (Fsp3) is 0.538. The normalized spacial score (nSPS) is 24.6. The van der Waals surface area contributed by atoms with Crippen LogP contribution in [0.25, 0.3) is 0 Å². The van der Waals surface area contributed by atoms with Crippen LogP contribution in [0.1, 0.15) is 13.3 Å². The van der Waals surface area contributed by atoms with E-state index in [-0.39, 0.29) is 23.5 Å². The Bertz CT molecular complexity index is 526. The average molecular weight is 285 g/mol. The van der Waals surface area contributed by atoms with Crippen molar-refractivity contribution in [3.05, 3.63) is 24.3 Å². The molecule has 1 saturated heterocycles. The van der Waals surface area contributed by atoms with E-state index in [0.717, 1.165) is 6.42 Å². The molecule has 106 valence electrons. The van der Waals surface area contributed by atoms with Crippen LogP contribution in [-0.2, 0) is 10.0 Å². The fourth-order valence-electron chi connectivity index (χ4n) is 2.43. The Hall–Kier alpha value is -1.11. The minimum atomic E-state index is -3.54. The van der Waals surface area contributed by atoms with Crippen LogP contribution in [0.15, 0.2) is 29.2 Å². The van der Waals surface area contributed by atoms with E-state index in [1.54, 1.807) is 12.1 Å². The van der Waals surface area contributed by atoms with Crippen LogP contribution in [0.2, 0.25) is 0 Å². The first-order valence-electron chi connectivity index (χ1n) is 6.27. The molecular formula is C13H19NO4S. The fourth-order valence-corrected chi connectivity index (χ4v) is 4.15. The van der Waals surface area contributed by atoms with Crippen molar-refractivity contribution in [3.8, 4) is 5.75 Å². The maximum absolute atomic E-state index is 12.5. The highest BCUT2D eigenvalue weighted by Crippen LogP contribution is 2.30. The molecule has 0 saturated carbocycles. The summed E-state index contributed by atoms with van der Waals surface area (Å²) in [7, 11) is -2.00. The van der Waals surface area contributed by atoms with Gasteiger partial charge in [-0.15, -0.1) is 0 Å². The Morgan fingerprint density at radius 3 is 2.53 bits per heavy atom. The molecule has 6 heteroatoms. The van der Waals surface area contributed by atoms with Gasteiger partial charge in [0.1, 0.15) is 5.75 Å². The van der Waals surface area contributed by atoms with Gasteiger partial charge < -0.3 is 9.84 Å². The highest BCUT2D eigenvalue weighted by Gasteiger charge is 2.39. The van der Waals surface area contributed by atoms with Crippen LogP contribution in [-0.4, -0.2) is 44.1 Å². The van der Waals surface area contributed by atoms with Gasteiger partial charge >= 0.3 is 0 Å². The lowest BCUT2D eigenvalue weighted by Gasteiger charge is -2.24. The summed E-state index contributed by atoms with van der Waals surface area (Å²) in [5.41, 5.74) is 0. The van der Waals surface area contributed by atoms with E-state index in [2.05, 4.69) is 0 Å². The van der Waals surface area contributed by atoms with Gasteiger partial charge in [-0.3, -0.25) is 0 Å². The van der Waals surface area contributed by atoms with Gasteiger partial charge in [0.15, 0.2) is 0 Å². The monoisotopic (exact) mass is 285 g/mol. The zero-order valence-electron chi connectivity index (χ0n) is 11.1. The van der Waals surface area contributed by atoms with Crippen molar-refractivity contribution in [2.45, 2.75) is 24.3 Å². The molecule has 2 unspecified atom stereocenters. The lowest BCUT2D eigenvalue weighted by atomic mass is 10.0. The van der Waals surface area contributed by atoms with Crippen LogP contribution in [0.5, 0.6) is 5.75 Å². The number of hydrogen-bond acceptors (Lipinski definition) is 4.